The van der Waals surface area contributed by atoms with Crippen LogP contribution in [0.5, 0.6) is 0 Å². The first-order chi connectivity index (χ1) is 16.7. The van der Waals surface area contributed by atoms with Gasteiger partial charge < -0.3 is 24.8 Å². The Morgan fingerprint density at radius 3 is 1.31 bits per heavy atom. The fourth-order valence-corrected chi connectivity index (χ4v) is 5.00. The first kappa shape index (κ1) is 38.1. The topological polar surface area (TPSA) is 0 Å². The van der Waals surface area contributed by atoms with Crippen LogP contribution < -0.4 is 24.8 Å². The van der Waals surface area contributed by atoms with Crippen molar-refractivity contribution in [3.8, 4) is 0 Å². The Balaban J connectivity index is 0.000000757. The Morgan fingerprint density at radius 2 is 1.08 bits per heavy atom. The van der Waals surface area contributed by atoms with Gasteiger partial charge in [-0.15, -0.1) is 39.7 Å². The Bertz CT molecular complexity index is 1250. The molecule has 0 spiro atoms. The van der Waals surface area contributed by atoms with Gasteiger partial charge in [0.2, 0.25) is 0 Å². The van der Waals surface area contributed by atoms with Crippen LogP contribution in [0.25, 0.3) is 21.5 Å². The normalized spacial score (nSPS) is 15.0. The molecular weight excluding hydrogens is 595 g/mol. The van der Waals surface area contributed by atoms with Gasteiger partial charge in [0.15, 0.2) is 0 Å². The molecule has 0 N–H and O–H groups in total. The van der Waals surface area contributed by atoms with E-state index in [2.05, 4.69) is 145 Å². The quantitative estimate of drug-likeness (QED) is 0.313. The van der Waals surface area contributed by atoms with E-state index >= 15 is 0 Å². The molecule has 1 atom stereocenters. The van der Waals surface area contributed by atoms with Crippen LogP contribution in [-0.4, -0.2) is 3.21 Å². The molecule has 4 rings (SSSR count). The summed E-state index contributed by atoms with van der Waals surface area (Å²) in [6.45, 7) is 31.4. The maximum atomic E-state index is 3.26. The molecule has 0 fully saturated rings. The molecule has 0 aromatic heterocycles. The minimum atomic E-state index is 0. The number of rotatable bonds is 0. The second-order valence-corrected chi connectivity index (χ2v) is 16.6. The van der Waals surface area contributed by atoms with Crippen molar-refractivity contribution in [2.45, 2.75) is 108 Å². The zero-order chi connectivity index (χ0) is 28.5. The van der Waals surface area contributed by atoms with Gasteiger partial charge in [0, 0.05) is 0 Å². The molecule has 3 aromatic rings. The largest absolute Gasteiger partial charge is 1.00 e. The van der Waals surface area contributed by atoms with E-state index in [1.54, 1.807) is 24.2 Å². The summed E-state index contributed by atoms with van der Waals surface area (Å²) < 4.78 is 1.51. The van der Waals surface area contributed by atoms with Crippen LogP contribution in [0.2, 0.25) is 0 Å². The molecule has 0 saturated heterocycles. The van der Waals surface area contributed by atoms with Crippen molar-refractivity contribution in [3.63, 3.8) is 0 Å². The summed E-state index contributed by atoms with van der Waals surface area (Å²) in [6.07, 6.45) is 7.65. The van der Waals surface area contributed by atoms with Crippen LogP contribution >= 0.6 is 0 Å². The number of hydrogen-bond donors (Lipinski definition) is 0. The van der Waals surface area contributed by atoms with Gasteiger partial charge in [0.05, 0.1) is 0 Å². The number of aryl methyl sites for hydroxylation is 2. The molecule has 1 unspecified atom stereocenters. The van der Waals surface area contributed by atoms with Crippen LogP contribution in [0, 0.1) is 31.3 Å². The smallest absolute Gasteiger partial charge is 0.0142 e. The Morgan fingerprint density at radius 1 is 0.718 bits per heavy atom. The fourth-order valence-electron chi connectivity index (χ4n) is 5.00. The zero-order valence-corrected chi connectivity index (χ0v) is 30.8. The van der Waals surface area contributed by atoms with Gasteiger partial charge in [-0.05, 0) is 24.7 Å². The molecule has 3 aromatic carbocycles. The van der Waals surface area contributed by atoms with E-state index in [0.29, 0.717) is 11.3 Å². The van der Waals surface area contributed by atoms with Gasteiger partial charge in [-0.2, -0.15) is 11.6 Å². The second kappa shape index (κ2) is 14.3. The summed E-state index contributed by atoms with van der Waals surface area (Å²) >= 11 is 1.55. The standard InChI is InChI=1S/C23H29.C10H15.C3H6.2ClH.Zr/c1-14-9-16-11-17-10-15(2)21(23(6,7)8)13-19(17)18(16)12-20(14)22(3,4)5;1-8-5-6-9(7-8)10(2,3)4;1-3-2;;;/h9-13H,1-8H3;6-8H,1-4H3;1-2H3;2*1H;/q2*-1;;;;+2/p-2. The van der Waals surface area contributed by atoms with Crippen LogP contribution in [0.4, 0.5) is 0 Å². The van der Waals surface area contributed by atoms with Gasteiger partial charge in [-0.25, -0.2) is 6.08 Å². The molecule has 0 bridgehead atoms. The van der Waals surface area contributed by atoms with Gasteiger partial charge in [0.1, 0.15) is 0 Å². The minimum Gasteiger partial charge on any atom is -1.00 e. The maximum absolute atomic E-state index is 3.26. The molecule has 0 heterocycles. The van der Waals surface area contributed by atoms with Crippen LogP contribution in [0.1, 0.15) is 105 Å². The van der Waals surface area contributed by atoms with Crippen molar-refractivity contribution < 1.29 is 49.0 Å². The number of hydrogen-bond acceptors (Lipinski definition) is 0. The van der Waals surface area contributed by atoms with E-state index in [4.69, 9.17) is 0 Å². The average molecular weight is 645 g/mol. The van der Waals surface area contributed by atoms with Crippen molar-refractivity contribution in [1.82, 2.24) is 0 Å². The predicted molar refractivity (Wildman–Crippen MR) is 165 cm³/mol. The molecule has 1 aliphatic rings. The molecule has 214 valence electrons. The van der Waals surface area contributed by atoms with Crippen molar-refractivity contribution in [1.29, 1.82) is 0 Å². The van der Waals surface area contributed by atoms with E-state index in [1.807, 2.05) is 0 Å². The second-order valence-electron chi connectivity index (χ2n) is 14.1. The molecule has 3 heteroatoms. The summed E-state index contributed by atoms with van der Waals surface area (Å²) in [5.74, 6) is 0.522. The van der Waals surface area contributed by atoms with E-state index in [0.717, 1.165) is 0 Å². The van der Waals surface area contributed by atoms with Crippen LogP contribution in [-0.2, 0) is 35.1 Å². The molecular formula is C36H50Cl2Zr-2. The van der Waals surface area contributed by atoms with Crippen molar-refractivity contribution in [2.24, 2.45) is 11.3 Å². The molecule has 0 nitrogen and oxygen atoms in total. The summed E-state index contributed by atoms with van der Waals surface area (Å²) in [5.41, 5.74) is 7.78. The number of fused-ring (bicyclic) bond motifs is 3. The molecule has 39 heavy (non-hydrogen) atoms. The van der Waals surface area contributed by atoms with E-state index in [9.17, 15) is 0 Å². The fraction of sp³-hybridized carbons (Fsp3) is 0.500. The predicted octanol–water partition coefficient (Wildman–Crippen LogP) is 4.65. The molecule has 0 amide bonds. The zero-order valence-electron chi connectivity index (χ0n) is 26.9. The third-order valence-corrected chi connectivity index (χ3v) is 6.81. The summed E-state index contributed by atoms with van der Waals surface area (Å²) in [6, 6.07) is 11.9. The molecule has 0 saturated carbocycles. The van der Waals surface area contributed by atoms with Gasteiger partial charge in [-0.1, -0.05) is 115 Å². The van der Waals surface area contributed by atoms with Gasteiger partial charge in [0.25, 0.3) is 0 Å². The number of benzene rings is 2. The third-order valence-electron chi connectivity index (χ3n) is 6.81. The summed E-state index contributed by atoms with van der Waals surface area (Å²) in [5, 5.41) is 5.55. The number of allylic oxidation sites excluding steroid dienone is 4. The first-order valence-corrected chi connectivity index (χ1v) is 14.9. The SMILES string of the molecule is CC1[C-]=CC(C(C)(C)C)=C1.C[C](C)=[Zr+2].Cc1cc2[cH-]c3cc(C)c(C(C)(C)C)cc3c2cc1C(C)(C)C.[Cl-].[Cl-]. The van der Waals surface area contributed by atoms with Crippen molar-refractivity contribution in [2.75, 3.05) is 0 Å². The van der Waals surface area contributed by atoms with E-state index < -0.39 is 0 Å². The molecule has 1 aliphatic carbocycles. The molecule has 0 aliphatic heterocycles. The van der Waals surface area contributed by atoms with Gasteiger partial charge in [-0.3, -0.25) is 6.08 Å². The monoisotopic (exact) mass is 642 g/mol. The maximum Gasteiger partial charge on any atom is -0.0142 e. The minimum absolute atomic E-state index is 0. The van der Waals surface area contributed by atoms with Crippen LogP contribution in [0.3, 0.4) is 0 Å². The first-order valence-electron chi connectivity index (χ1n) is 13.7. The van der Waals surface area contributed by atoms with Gasteiger partial charge >= 0.3 is 41.3 Å². The third kappa shape index (κ3) is 10.5. The van der Waals surface area contributed by atoms with E-state index in [1.165, 1.54) is 52.6 Å². The Hall–Kier alpha value is -0.877. The Labute approximate surface area is 267 Å². The summed E-state index contributed by atoms with van der Waals surface area (Å²) in [4.78, 5) is 0. The molecule has 0 radical (unpaired) electrons. The van der Waals surface area contributed by atoms with Crippen molar-refractivity contribution in [3.05, 3.63) is 76.4 Å². The van der Waals surface area contributed by atoms with Crippen molar-refractivity contribution >= 4 is 24.8 Å². The average Bonchev–Trinajstić information content (AvgIpc) is 3.27. The van der Waals surface area contributed by atoms with Crippen LogP contribution in [0.15, 0.2) is 48.1 Å². The summed E-state index contributed by atoms with van der Waals surface area (Å²) in [7, 11) is 0. The number of halogens is 2. The Kier molecular flexibility index (Phi) is 14.0. The van der Waals surface area contributed by atoms with E-state index in [-0.39, 0.29) is 35.6 Å².